The minimum atomic E-state index is -4.42. The average Bonchev–Trinajstić information content (AvgIpc) is 2.83. The van der Waals surface area contributed by atoms with E-state index in [-0.39, 0.29) is 16.9 Å². The Labute approximate surface area is 121 Å². The van der Waals surface area contributed by atoms with Crippen molar-refractivity contribution in [3.8, 4) is 11.3 Å². The van der Waals surface area contributed by atoms with E-state index in [1.165, 1.54) is 18.2 Å². The third-order valence-corrected chi connectivity index (χ3v) is 2.86. The number of hydrogen-bond donors (Lipinski definition) is 1. The third kappa shape index (κ3) is 4.07. The molecule has 0 saturated heterocycles. The van der Waals surface area contributed by atoms with Crippen molar-refractivity contribution in [2.24, 2.45) is 0 Å². The van der Waals surface area contributed by atoms with E-state index in [4.69, 9.17) is 4.52 Å². The van der Waals surface area contributed by atoms with Crippen LogP contribution in [0.4, 0.5) is 13.2 Å². The van der Waals surface area contributed by atoms with Crippen molar-refractivity contribution in [1.82, 2.24) is 10.5 Å². The Bertz CT molecular complexity index is 612. The number of halogens is 3. The number of nitrogens with one attached hydrogen (secondary N) is 1. The van der Waals surface area contributed by atoms with E-state index < -0.39 is 11.7 Å². The van der Waals surface area contributed by atoms with Crippen LogP contribution in [0.15, 0.2) is 34.9 Å². The lowest BCUT2D eigenvalue weighted by Gasteiger charge is -2.19. The Morgan fingerprint density at radius 3 is 2.43 bits per heavy atom. The van der Waals surface area contributed by atoms with Gasteiger partial charge in [0.2, 0.25) is 0 Å². The maximum Gasteiger partial charge on any atom is 0.417 e. The Morgan fingerprint density at radius 2 is 1.81 bits per heavy atom. The Morgan fingerprint density at radius 1 is 1.14 bits per heavy atom. The molecule has 114 valence electrons. The van der Waals surface area contributed by atoms with Gasteiger partial charge in [-0.15, -0.1) is 0 Å². The largest absolute Gasteiger partial charge is 0.417 e. The summed E-state index contributed by atoms with van der Waals surface area (Å²) in [6.07, 6.45) is -4.42. The maximum atomic E-state index is 13.0. The Hall–Kier alpha value is -1.82. The Kier molecular flexibility index (Phi) is 4.09. The van der Waals surface area contributed by atoms with Gasteiger partial charge in [-0.05, 0) is 26.8 Å². The van der Waals surface area contributed by atoms with Crippen LogP contribution in [0.5, 0.6) is 0 Å². The maximum absolute atomic E-state index is 13.0. The van der Waals surface area contributed by atoms with Crippen LogP contribution in [0.2, 0.25) is 0 Å². The highest BCUT2D eigenvalue weighted by Gasteiger charge is 2.34. The van der Waals surface area contributed by atoms with E-state index in [1.807, 2.05) is 20.8 Å². The van der Waals surface area contributed by atoms with Crippen molar-refractivity contribution in [1.29, 1.82) is 0 Å². The second-order valence-electron chi connectivity index (χ2n) is 5.83. The number of aromatic nitrogens is 1. The molecule has 0 amide bonds. The predicted octanol–water partition coefficient (Wildman–Crippen LogP) is 4.25. The second-order valence-corrected chi connectivity index (χ2v) is 5.83. The molecule has 0 saturated carbocycles. The summed E-state index contributed by atoms with van der Waals surface area (Å²) in [4.78, 5) is 0. The first-order chi connectivity index (χ1) is 9.67. The lowest BCUT2D eigenvalue weighted by Crippen LogP contribution is -2.35. The highest BCUT2D eigenvalue weighted by atomic mass is 19.4. The van der Waals surface area contributed by atoms with Gasteiger partial charge in [-0.1, -0.05) is 23.4 Å². The summed E-state index contributed by atoms with van der Waals surface area (Å²) in [5, 5.41) is 7.02. The van der Waals surface area contributed by atoms with Gasteiger partial charge in [0.05, 0.1) is 11.3 Å². The van der Waals surface area contributed by atoms with Crippen LogP contribution < -0.4 is 5.32 Å². The van der Waals surface area contributed by atoms with E-state index in [2.05, 4.69) is 10.5 Å². The van der Waals surface area contributed by atoms with Crippen molar-refractivity contribution in [2.75, 3.05) is 0 Å². The average molecular weight is 298 g/mol. The molecule has 2 aromatic rings. The molecule has 0 radical (unpaired) electrons. The van der Waals surface area contributed by atoms with Crippen molar-refractivity contribution < 1.29 is 17.7 Å². The van der Waals surface area contributed by atoms with Crippen LogP contribution >= 0.6 is 0 Å². The summed E-state index contributed by atoms with van der Waals surface area (Å²) in [5.41, 5.74) is -0.268. The van der Waals surface area contributed by atoms with Crippen LogP contribution in [-0.4, -0.2) is 10.7 Å². The van der Waals surface area contributed by atoms with E-state index in [0.29, 0.717) is 12.2 Å². The summed E-state index contributed by atoms with van der Waals surface area (Å²) >= 11 is 0. The van der Waals surface area contributed by atoms with Crippen molar-refractivity contribution in [3.63, 3.8) is 0 Å². The number of benzene rings is 1. The molecular formula is C15H17F3N2O. The summed E-state index contributed by atoms with van der Waals surface area (Å²) in [5.74, 6) is 0.119. The minimum Gasteiger partial charge on any atom is -0.356 e. The topological polar surface area (TPSA) is 38.1 Å². The predicted molar refractivity (Wildman–Crippen MR) is 73.5 cm³/mol. The quantitative estimate of drug-likeness (QED) is 0.920. The first-order valence-electron chi connectivity index (χ1n) is 6.54. The normalized spacial score (nSPS) is 12.7. The molecule has 0 aliphatic heterocycles. The van der Waals surface area contributed by atoms with Crippen LogP contribution in [-0.2, 0) is 12.7 Å². The molecule has 1 heterocycles. The van der Waals surface area contributed by atoms with Crippen LogP contribution in [0.3, 0.4) is 0 Å². The molecule has 1 aromatic heterocycles. The molecule has 0 unspecified atom stereocenters. The van der Waals surface area contributed by atoms with Crippen molar-refractivity contribution in [2.45, 2.75) is 39.0 Å². The monoisotopic (exact) mass is 298 g/mol. The summed E-state index contributed by atoms with van der Waals surface area (Å²) in [6, 6.07) is 6.84. The van der Waals surface area contributed by atoms with E-state index in [1.54, 1.807) is 6.07 Å². The van der Waals surface area contributed by atoms with Gasteiger partial charge >= 0.3 is 6.18 Å². The molecule has 1 N–H and O–H groups in total. The van der Waals surface area contributed by atoms with Crippen LogP contribution in [0.1, 0.15) is 32.0 Å². The smallest absolute Gasteiger partial charge is 0.356 e. The fourth-order valence-electron chi connectivity index (χ4n) is 1.82. The molecule has 6 heteroatoms. The van der Waals surface area contributed by atoms with Crippen LogP contribution in [0.25, 0.3) is 11.3 Å². The third-order valence-electron chi connectivity index (χ3n) is 2.86. The molecule has 3 nitrogen and oxygen atoms in total. The summed E-state index contributed by atoms with van der Waals surface area (Å²) in [6.45, 7) is 6.41. The summed E-state index contributed by atoms with van der Waals surface area (Å²) in [7, 11) is 0. The second kappa shape index (κ2) is 5.52. The van der Waals surface area contributed by atoms with E-state index in [0.717, 1.165) is 6.07 Å². The first-order valence-corrected chi connectivity index (χ1v) is 6.54. The molecule has 0 bridgehead atoms. The van der Waals surface area contributed by atoms with Crippen molar-refractivity contribution in [3.05, 3.63) is 41.6 Å². The molecule has 0 fully saturated rings. The zero-order chi connectivity index (χ0) is 15.7. The lowest BCUT2D eigenvalue weighted by molar-refractivity contribution is -0.137. The molecule has 21 heavy (non-hydrogen) atoms. The van der Waals surface area contributed by atoms with Gasteiger partial charge < -0.3 is 9.84 Å². The number of nitrogens with zero attached hydrogens (tertiary/aromatic N) is 1. The molecule has 2 rings (SSSR count). The molecule has 0 atom stereocenters. The van der Waals surface area contributed by atoms with Gasteiger partial charge in [-0.2, -0.15) is 13.2 Å². The molecule has 0 aliphatic carbocycles. The fraction of sp³-hybridized carbons (Fsp3) is 0.400. The van der Waals surface area contributed by atoms with Gasteiger partial charge in [0.15, 0.2) is 5.76 Å². The minimum absolute atomic E-state index is 0.000455. The lowest BCUT2D eigenvalue weighted by atomic mass is 10.0. The molecule has 0 spiro atoms. The van der Waals surface area contributed by atoms with Gasteiger partial charge in [0.25, 0.3) is 0 Å². The molecular weight excluding hydrogens is 281 g/mol. The van der Waals surface area contributed by atoms with E-state index >= 15 is 0 Å². The van der Waals surface area contributed by atoms with Crippen LogP contribution in [0, 0.1) is 0 Å². The van der Waals surface area contributed by atoms with Gasteiger partial charge in [-0.25, -0.2) is 0 Å². The fourth-order valence-corrected chi connectivity index (χ4v) is 1.82. The zero-order valence-electron chi connectivity index (χ0n) is 12.1. The van der Waals surface area contributed by atoms with Gasteiger partial charge in [-0.3, -0.25) is 0 Å². The SMILES string of the molecule is CC(C)(C)NCc1cc(-c2ccccc2C(F)(F)F)on1. The summed E-state index contributed by atoms with van der Waals surface area (Å²) < 4.78 is 44.0. The van der Waals surface area contributed by atoms with Gasteiger partial charge in [0, 0.05) is 23.7 Å². The van der Waals surface area contributed by atoms with E-state index in [9.17, 15) is 13.2 Å². The first kappa shape index (κ1) is 15.6. The number of hydrogen-bond acceptors (Lipinski definition) is 3. The van der Waals surface area contributed by atoms with Crippen molar-refractivity contribution >= 4 is 0 Å². The standard InChI is InChI=1S/C15H17F3N2O/c1-14(2,3)19-9-10-8-13(21-20-10)11-6-4-5-7-12(11)15(16,17)18/h4-8,19H,9H2,1-3H3. The highest BCUT2D eigenvalue weighted by Crippen LogP contribution is 2.37. The number of alkyl halides is 3. The van der Waals surface area contributed by atoms with Gasteiger partial charge in [0.1, 0.15) is 0 Å². The number of rotatable bonds is 3. The zero-order valence-corrected chi connectivity index (χ0v) is 12.1. The molecule has 1 aromatic carbocycles. The Balaban J connectivity index is 2.26. The molecule has 0 aliphatic rings. The highest BCUT2D eigenvalue weighted by molar-refractivity contribution is 5.63.